The second kappa shape index (κ2) is 11.6. The average molecular weight is 597 g/mol. The van der Waals surface area contributed by atoms with Crippen LogP contribution >= 0.6 is 0 Å². The molecule has 9 rings (SSSR count). The molecule has 0 saturated carbocycles. The van der Waals surface area contributed by atoms with E-state index in [-0.39, 0.29) is 24.6 Å². The van der Waals surface area contributed by atoms with Crippen molar-refractivity contribution in [2.24, 2.45) is 0 Å². The van der Waals surface area contributed by atoms with Gasteiger partial charge >= 0.3 is 18.9 Å². The summed E-state index contributed by atoms with van der Waals surface area (Å²) in [5.41, 5.74) is 9.23. The van der Waals surface area contributed by atoms with Gasteiger partial charge in [-0.25, -0.2) is 9.97 Å². The molecule has 0 aliphatic rings. The fraction of sp³-hybridized carbons (Fsp3) is 0. The SMILES string of the molecule is [Li+].[O-]c1ccc(-c2cccc3cc4c(-c5ccccc5-c5nc6ccccc6n5-c5ccccc5)cccc4cc23)c2ccc[nH+]c12. The van der Waals surface area contributed by atoms with Crippen molar-refractivity contribution in [2.45, 2.75) is 0 Å². The number of para-hydroxylation sites is 3. The van der Waals surface area contributed by atoms with Gasteiger partial charge in [0.25, 0.3) is 0 Å². The average Bonchev–Trinajstić information content (AvgIpc) is 3.51. The van der Waals surface area contributed by atoms with Crippen LogP contribution in [0.25, 0.3) is 82.8 Å². The molecule has 0 fully saturated rings. The van der Waals surface area contributed by atoms with Crippen LogP contribution in [-0.2, 0) is 0 Å². The van der Waals surface area contributed by atoms with Crippen molar-refractivity contribution in [2.75, 3.05) is 0 Å². The summed E-state index contributed by atoms with van der Waals surface area (Å²) in [7, 11) is 0. The Morgan fingerprint density at radius 1 is 0.511 bits per heavy atom. The largest absolute Gasteiger partial charge is 1.00 e. The number of aromatic amines is 1. The van der Waals surface area contributed by atoms with E-state index in [0.717, 1.165) is 71.9 Å². The van der Waals surface area contributed by atoms with Crippen LogP contribution in [0.3, 0.4) is 0 Å². The van der Waals surface area contributed by atoms with Crippen LogP contribution in [0, 0.1) is 0 Å². The van der Waals surface area contributed by atoms with Gasteiger partial charge in [0.1, 0.15) is 5.82 Å². The van der Waals surface area contributed by atoms with Crippen molar-refractivity contribution < 1.29 is 29.0 Å². The summed E-state index contributed by atoms with van der Waals surface area (Å²) in [6.45, 7) is 0. The van der Waals surface area contributed by atoms with Gasteiger partial charge in [0.15, 0.2) is 6.20 Å². The maximum atomic E-state index is 12.6. The van der Waals surface area contributed by atoms with E-state index in [1.807, 2.05) is 30.3 Å². The molecular formula is C42H27LiN3O+. The van der Waals surface area contributed by atoms with Crippen molar-refractivity contribution in [3.8, 4) is 45.1 Å². The fourth-order valence-electron chi connectivity index (χ4n) is 6.91. The first-order chi connectivity index (χ1) is 22.7. The van der Waals surface area contributed by atoms with Crippen LogP contribution in [0.5, 0.6) is 5.75 Å². The fourth-order valence-corrected chi connectivity index (χ4v) is 6.91. The van der Waals surface area contributed by atoms with E-state index in [1.165, 1.54) is 5.39 Å². The standard InChI is InChI=1S/C42H27N3O.Li/c46-40-23-22-33(34-19-10-24-43-41(34)40)32-18-9-12-28-25-36-27(26-37(28)32)11-8-17-31(36)30-15-4-5-16-35(30)42-44-38-20-6-7-21-39(38)45(42)29-13-2-1-3-14-29;/h1-26,46H;/q;+1. The zero-order chi connectivity index (χ0) is 30.6. The topological polar surface area (TPSA) is 55.0 Å². The molecular weight excluding hydrogens is 569 g/mol. The predicted octanol–water partition coefficient (Wildman–Crippen LogP) is 6.38. The summed E-state index contributed by atoms with van der Waals surface area (Å²) in [4.78, 5) is 8.34. The minimum Gasteiger partial charge on any atom is -0.868 e. The van der Waals surface area contributed by atoms with Crippen LogP contribution in [0.1, 0.15) is 0 Å². The molecule has 0 radical (unpaired) electrons. The van der Waals surface area contributed by atoms with E-state index in [4.69, 9.17) is 4.98 Å². The smallest absolute Gasteiger partial charge is 0.868 e. The second-order valence-corrected chi connectivity index (χ2v) is 11.6. The number of H-pyrrole nitrogens is 1. The molecule has 0 amide bonds. The molecule has 7 aromatic carbocycles. The number of aromatic nitrogens is 3. The van der Waals surface area contributed by atoms with Gasteiger partial charge in [-0.3, -0.25) is 4.57 Å². The summed E-state index contributed by atoms with van der Waals surface area (Å²) >= 11 is 0. The maximum Gasteiger partial charge on any atom is 1.00 e. The predicted molar refractivity (Wildman–Crippen MR) is 186 cm³/mol. The van der Waals surface area contributed by atoms with Crippen LogP contribution in [0.2, 0.25) is 0 Å². The van der Waals surface area contributed by atoms with E-state index < -0.39 is 0 Å². The molecule has 2 heterocycles. The summed E-state index contributed by atoms with van der Waals surface area (Å²) in [6, 6.07) is 52.5. The zero-order valence-corrected chi connectivity index (χ0v) is 25.8. The Hall–Kier alpha value is -5.66. The minimum atomic E-state index is -0.00543. The summed E-state index contributed by atoms with van der Waals surface area (Å²) in [5.74, 6) is 0.905. The minimum absolute atomic E-state index is 0. The Balaban J connectivity index is 0.00000324. The molecule has 216 valence electrons. The first kappa shape index (κ1) is 28.8. The molecule has 2 aromatic heterocycles. The normalized spacial score (nSPS) is 11.3. The number of imidazole rings is 1. The molecule has 47 heavy (non-hydrogen) atoms. The van der Waals surface area contributed by atoms with Gasteiger partial charge in [-0.1, -0.05) is 103 Å². The van der Waals surface area contributed by atoms with Crippen LogP contribution in [0.4, 0.5) is 0 Å². The summed E-state index contributed by atoms with van der Waals surface area (Å²) in [6.07, 6.45) is 1.80. The van der Waals surface area contributed by atoms with E-state index in [9.17, 15) is 5.11 Å². The molecule has 5 heteroatoms. The van der Waals surface area contributed by atoms with Crippen molar-refractivity contribution in [1.82, 2.24) is 9.55 Å². The Morgan fingerprint density at radius 2 is 1.13 bits per heavy atom. The number of fused-ring (bicyclic) bond motifs is 4. The van der Waals surface area contributed by atoms with Gasteiger partial charge in [0.2, 0.25) is 5.52 Å². The van der Waals surface area contributed by atoms with Gasteiger partial charge in [0.05, 0.1) is 16.4 Å². The van der Waals surface area contributed by atoms with Crippen LogP contribution in [0.15, 0.2) is 158 Å². The molecule has 0 atom stereocenters. The van der Waals surface area contributed by atoms with E-state index in [1.54, 1.807) is 12.3 Å². The zero-order valence-electron chi connectivity index (χ0n) is 25.8. The van der Waals surface area contributed by atoms with Crippen molar-refractivity contribution >= 4 is 43.5 Å². The Morgan fingerprint density at radius 3 is 1.89 bits per heavy atom. The molecule has 0 spiro atoms. The molecule has 9 aromatic rings. The number of benzene rings is 7. The number of rotatable bonds is 4. The van der Waals surface area contributed by atoms with Gasteiger partial charge in [-0.15, -0.1) is 0 Å². The van der Waals surface area contributed by atoms with Crippen LogP contribution < -0.4 is 29.0 Å². The molecule has 0 aliphatic carbocycles. The third-order valence-corrected chi connectivity index (χ3v) is 9.00. The molecule has 1 N–H and O–H groups in total. The van der Waals surface area contributed by atoms with E-state index in [2.05, 4.69) is 125 Å². The molecule has 0 aliphatic heterocycles. The van der Waals surface area contributed by atoms with Crippen molar-refractivity contribution in [3.63, 3.8) is 0 Å². The Kier molecular flexibility index (Phi) is 7.11. The van der Waals surface area contributed by atoms with E-state index >= 15 is 0 Å². The molecule has 0 unspecified atom stereocenters. The molecule has 0 saturated heterocycles. The number of hydrogen-bond acceptors (Lipinski definition) is 2. The van der Waals surface area contributed by atoms with Gasteiger partial charge in [-0.2, -0.15) is 0 Å². The number of hydrogen-bond donors (Lipinski definition) is 0. The third kappa shape index (κ3) is 4.70. The van der Waals surface area contributed by atoms with Gasteiger partial charge < -0.3 is 5.11 Å². The number of nitrogens with one attached hydrogen (secondary N) is 1. The third-order valence-electron chi connectivity index (χ3n) is 9.00. The van der Waals surface area contributed by atoms with Crippen molar-refractivity contribution in [1.29, 1.82) is 0 Å². The number of pyridine rings is 1. The van der Waals surface area contributed by atoms with Crippen LogP contribution in [-0.4, -0.2) is 9.55 Å². The summed E-state index contributed by atoms with van der Waals surface area (Å²) in [5, 5.41) is 18.2. The molecule has 0 bridgehead atoms. The Bertz CT molecular complexity index is 2610. The maximum absolute atomic E-state index is 12.6. The first-order valence-corrected chi connectivity index (χ1v) is 15.4. The monoisotopic (exact) mass is 596 g/mol. The first-order valence-electron chi connectivity index (χ1n) is 15.4. The van der Waals surface area contributed by atoms with Crippen molar-refractivity contribution in [3.05, 3.63) is 158 Å². The second-order valence-electron chi connectivity index (χ2n) is 11.6. The number of nitrogens with zero attached hydrogens (tertiary/aromatic N) is 2. The molecule has 4 nitrogen and oxygen atoms in total. The Labute approximate surface area is 283 Å². The summed E-state index contributed by atoms with van der Waals surface area (Å²) < 4.78 is 2.26. The van der Waals surface area contributed by atoms with E-state index in [0.29, 0.717) is 5.52 Å². The van der Waals surface area contributed by atoms with Gasteiger partial charge in [-0.05, 0) is 92.0 Å². The van der Waals surface area contributed by atoms with Gasteiger partial charge in [0, 0.05) is 17.3 Å². The quantitative estimate of drug-likeness (QED) is 0.175.